The van der Waals surface area contributed by atoms with Gasteiger partial charge >= 0.3 is 6.09 Å². The number of nitrogens with two attached hydrogens (primary N) is 1. The highest BCUT2D eigenvalue weighted by atomic mass is 35.5. The third-order valence-electron chi connectivity index (χ3n) is 2.72. The molecule has 20 heavy (non-hydrogen) atoms. The number of benzene rings is 2. The molecule has 0 spiro atoms. The van der Waals surface area contributed by atoms with E-state index < -0.39 is 6.09 Å². The summed E-state index contributed by atoms with van der Waals surface area (Å²) in [6.07, 6.45) is -0.975. The van der Waals surface area contributed by atoms with Crippen LogP contribution in [0.25, 0.3) is 0 Å². The summed E-state index contributed by atoms with van der Waals surface area (Å²) in [5.41, 5.74) is 6.28. The fourth-order valence-electron chi connectivity index (χ4n) is 1.88. The number of hydrogen-bond acceptors (Lipinski definition) is 3. The third kappa shape index (κ3) is 2.97. The van der Waals surface area contributed by atoms with Gasteiger partial charge in [0.05, 0.1) is 5.56 Å². The normalized spacial score (nSPS) is 10.1. The van der Waals surface area contributed by atoms with E-state index in [0.29, 0.717) is 16.1 Å². The van der Waals surface area contributed by atoms with Gasteiger partial charge in [0.2, 0.25) is 0 Å². The number of ether oxygens (including phenoxy) is 1. The molecule has 0 aromatic heterocycles. The largest absolute Gasteiger partial charge is 0.409 e. The van der Waals surface area contributed by atoms with Crippen LogP contribution in [0.3, 0.4) is 0 Å². The molecule has 0 aliphatic carbocycles. The predicted octanol–water partition coefficient (Wildman–Crippen LogP) is 3.34. The number of amides is 1. The van der Waals surface area contributed by atoms with E-state index in [-0.39, 0.29) is 17.1 Å². The minimum atomic E-state index is -0.975. The number of primary amides is 1. The van der Waals surface area contributed by atoms with Gasteiger partial charge < -0.3 is 10.5 Å². The SMILES string of the molecule is Cc1cc(Cl)cc(C(=O)c2ccccc2)c1OC(N)=O. The number of rotatable bonds is 3. The number of carbonyl (C=O) groups excluding carboxylic acids is 2. The Kier molecular flexibility index (Phi) is 4.05. The third-order valence-corrected chi connectivity index (χ3v) is 2.94. The van der Waals surface area contributed by atoms with Crippen molar-refractivity contribution in [2.75, 3.05) is 0 Å². The van der Waals surface area contributed by atoms with E-state index >= 15 is 0 Å². The minimum Gasteiger partial charge on any atom is -0.409 e. The molecule has 2 aromatic carbocycles. The van der Waals surface area contributed by atoms with Gasteiger partial charge in [0.15, 0.2) is 5.78 Å². The van der Waals surface area contributed by atoms with Crippen molar-refractivity contribution >= 4 is 23.5 Å². The van der Waals surface area contributed by atoms with Crippen molar-refractivity contribution in [1.82, 2.24) is 0 Å². The van der Waals surface area contributed by atoms with Crippen molar-refractivity contribution in [2.24, 2.45) is 5.73 Å². The molecule has 0 unspecified atom stereocenters. The first-order valence-corrected chi connectivity index (χ1v) is 6.24. The fourth-order valence-corrected chi connectivity index (χ4v) is 2.15. The Balaban J connectivity index is 2.55. The minimum absolute atomic E-state index is 0.135. The Morgan fingerprint density at radius 2 is 1.80 bits per heavy atom. The molecule has 5 heteroatoms. The zero-order chi connectivity index (χ0) is 14.7. The van der Waals surface area contributed by atoms with Crippen LogP contribution in [-0.4, -0.2) is 11.9 Å². The summed E-state index contributed by atoms with van der Waals surface area (Å²) in [5.74, 6) is -0.150. The highest BCUT2D eigenvalue weighted by Gasteiger charge is 2.19. The topological polar surface area (TPSA) is 69.4 Å². The van der Waals surface area contributed by atoms with Gasteiger partial charge in [-0.2, -0.15) is 0 Å². The van der Waals surface area contributed by atoms with Crippen LogP contribution in [0.2, 0.25) is 5.02 Å². The first-order chi connectivity index (χ1) is 9.49. The summed E-state index contributed by atoms with van der Waals surface area (Å²) in [5, 5.41) is 0.388. The van der Waals surface area contributed by atoms with E-state index in [4.69, 9.17) is 22.1 Å². The van der Waals surface area contributed by atoms with Crippen LogP contribution in [0.4, 0.5) is 4.79 Å². The van der Waals surface area contributed by atoms with E-state index in [1.54, 1.807) is 43.3 Å². The van der Waals surface area contributed by atoms with Crippen LogP contribution in [-0.2, 0) is 0 Å². The molecule has 0 heterocycles. The van der Waals surface area contributed by atoms with Gasteiger partial charge in [-0.05, 0) is 24.6 Å². The Morgan fingerprint density at radius 3 is 2.40 bits per heavy atom. The van der Waals surface area contributed by atoms with Gasteiger partial charge in [0.1, 0.15) is 5.75 Å². The van der Waals surface area contributed by atoms with Gasteiger partial charge in [-0.1, -0.05) is 41.9 Å². The molecule has 0 saturated heterocycles. The average Bonchev–Trinajstić information content (AvgIpc) is 2.41. The molecule has 0 atom stereocenters. The molecule has 102 valence electrons. The van der Waals surface area contributed by atoms with Gasteiger partial charge in [0, 0.05) is 10.6 Å². The zero-order valence-electron chi connectivity index (χ0n) is 10.7. The molecule has 2 N–H and O–H groups in total. The Morgan fingerprint density at radius 1 is 1.15 bits per heavy atom. The molecule has 0 fully saturated rings. The lowest BCUT2D eigenvalue weighted by Crippen LogP contribution is -2.19. The van der Waals surface area contributed by atoms with Crippen LogP contribution in [0.1, 0.15) is 21.5 Å². The second-order valence-corrected chi connectivity index (χ2v) is 4.65. The molecular formula is C15H12ClNO3. The Hall–Kier alpha value is -2.33. The predicted molar refractivity (Wildman–Crippen MR) is 76.3 cm³/mol. The van der Waals surface area contributed by atoms with Crippen molar-refractivity contribution < 1.29 is 14.3 Å². The maximum Gasteiger partial charge on any atom is 0.409 e. The Bertz CT molecular complexity index is 668. The van der Waals surface area contributed by atoms with Crippen molar-refractivity contribution in [1.29, 1.82) is 0 Å². The second kappa shape index (κ2) is 5.75. The lowest BCUT2D eigenvalue weighted by Gasteiger charge is -2.11. The van der Waals surface area contributed by atoms with Crippen LogP contribution in [0, 0.1) is 6.92 Å². The van der Waals surface area contributed by atoms with Crippen LogP contribution in [0.15, 0.2) is 42.5 Å². The molecule has 2 rings (SSSR count). The summed E-state index contributed by atoms with van der Waals surface area (Å²) in [7, 11) is 0. The number of halogens is 1. The van der Waals surface area contributed by atoms with E-state index in [1.807, 2.05) is 0 Å². The van der Waals surface area contributed by atoms with E-state index in [0.717, 1.165) is 0 Å². The number of hydrogen-bond donors (Lipinski definition) is 1. The first kappa shape index (κ1) is 14.1. The van der Waals surface area contributed by atoms with Crippen LogP contribution < -0.4 is 10.5 Å². The highest BCUT2D eigenvalue weighted by molar-refractivity contribution is 6.31. The monoisotopic (exact) mass is 289 g/mol. The van der Waals surface area contributed by atoms with Crippen molar-refractivity contribution in [3.05, 3.63) is 64.2 Å². The zero-order valence-corrected chi connectivity index (χ0v) is 11.5. The molecule has 4 nitrogen and oxygen atoms in total. The van der Waals surface area contributed by atoms with E-state index in [2.05, 4.69) is 0 Å². The molecule has 0 radical (unpaired) electrons. The lowest BCUT2D eigenvalue weighted by molar-refractivity contribution is 0.103. The van der Waals surface area contributed by atoms with E-state index in [9.17, 15) is 9.59 Å². The standard InChI is InChI=1S/C15H12ClNO3/c1-9-7-11(16)8-12(14(9)20-15(17)19)13(18)10-5-3-2-4-6-10/h2-8H,1H3,(H2,17,19). The molecular weight excluding hydrogens is 278 g/mol. The van der Waals surface area contributed by atoms with Crippen LogP contribution >= 0.6 is 11.6 Å². The van der Waals surface area contributed by atoms with E-state index in [1.165, 1.54) is 6.07 Å². The molecule has 1 amide bonds. The van der Waals surface area contributed by atoms with Gasteiger partial charge in [0.25, 0.3) is 0 Å². The summed E-state index contributed by atoms with van der Waals surface area (Å²) in [6.45, 7) is 1.69. The molecule has 2 aromatic rings. The lowest BCUT2D eigenvalue weighted by atomic mass is 10.0. The number of aryl methyl sites for hydroxylation is 1. The highest BCUT2D eigenvalue weighted by Crippen LogP contribution is 2.29. The summed E-state index contributed by atoms with van der Waals surface area (Å²) in [6, 6.07) is 11.7. The molecule has 0 bridgehead atoms. The van der Waals surface area contributed by atoms with Gasteiger partial charge in [-0.25, -0.2) is 4.79 Å². The van der Waals surface area contributed by atoms with Crippen molar-refractivity contribution in [3.63, 3.8) is 0 Å². The van der Waals surface area contributed by atoms with Gasteiger partial charge in [-0.15, -0.1) is 0 Å². The number of ketones is 1. The Labute approximate surface area is 121 Å². The summed E-state index contributed by atoms with van der Waals surface area (Å²) < 4.78 is 4.93. The maximum absolute atomic E-state index is 12.5. The second-order valence-electron chi connectivity index (χ2n) is 4.22. The van der Waals surface area contributed by atoms with Gasteiger partial charge in [-0.3, -0.25) is 4.79 Å². The number of carbonyl (C=O) groups is 2. The molecule has 0 aliphatic heterocycles. The summed E-state index contributed by atoms with van der Waals surface area (Å²) in [4.78, 5) is 23.4. The molecule has 0 aliphatic rings. The smallest absolute Gasteiger partial charge is 0.409 e. The molecule has 0 saturated carbocycles. The van der Waals surface area contributed by atoms with Crippen molar-refractivity contribution in [3.8, 4) is 5.75 Å². The van der Waals surface area contributed by atoms with Crippen molar-refractivity contribution in [2.45, 2.75) is 6.92 Å². The summed E-state index contributed by atoms with van der Waals surface area (Å²) >= 11 is 5.97. The maximum atomic E-state index is 12.5. The average molecular weight is 290 g/mol. The van der Waals surface area contributed by atoms with Crippen LogP contribution in [0.5, 0.6) is 5.75 Å². The fraction of sp³-hybridized carbons (Fsp3) is 0.0667. The first-order valence-electron chi connectivity index (χ1n) is 5.86. The quantitative estimate of drug-likeness (QED) is 0.881.